The molecule has 2 aliphatic rings. The molecule has 1 aromatic carbocycles. The average Bonchev–Trinajstić information content (AvgIpc) is 2.72. The van der Waals surface area contributed by atoms with Gasteiger partial charge in [-0.2, -0.15) is 5.26 Å². The lowest BCUT2D eigenvalue weighted by molar-refractivity contribution is 0.00346. The number of amides is 3. The van der Waals surface area contributed by atoms with E-state index in [1.165, 1.54) is 11.0 Å². The summed E-state index contributed by atoms with van der Waals surface area (Å²) in [7, 11) is 0. The van der Waals surface area contributed by atoms with Gasteiger partial charge in [-0.15, -0.1) is 0 Å². The minimum absolute atomic E-state index is 0.0308. The number of fused-ring (bicyclic) bond motifs is 2. The number of hydrogen-bond donors (Lipinski definition) is 4. The maximum Gasteiger partial charge on any atom is 0.407 e. The van der Waals surface area contributed by atoms with Crippen LogP contribution in [0.15, 0.2) is 18.2 Å². The van der Waals surface area contributed by atoms with E-state index in [9.17, 15) is 19.8 Å². The smallest absolute Gasteiger partial charge is 0.407 e. The van der Waals surface area contributed by atoms with Gasteiger partial charge in [0.25, 0.3) is 0 Å². The van der Waals surface area contributed by atoms with Gasteiger partial charge in [-0.05, 0) is 43.4 Å². The van der Waals surface area contributed by atoms with E-state index >= 15 is 0 Å². The number of β-amino-alcohol motifs (C(OH)–C–C–N with tert-alkyl or cyclic N) is 1. The van der Waals surface area contributed by atoms with Crippen molar-refractivity contribution < 1.29 is 24.5 Å². The van der Waals surface area contributed by atoms with Gasteiger partial charge in [0.2, 0.25) is 0 Å². The minimum Gasteiger partial charge on any atom is -0.489 e. The minimum atomic E-state index is -0.865. The van der Waals surface area contributed by atoms with E-state index in [1.807, 2.05) is 6.07 Å². The van der Waals surface area contributed by atoms with Gasteiger partial charge in [0.1, 0.15) is 18.5 Å². The summed E-state index contributed by atoms with van der Waals surface area (Å²) in [5.74, 6) is 0.933. The van der Waals surface area contributed by atoms with Gasteiger partial charge in [-0.25, -0.2) is 9.59 Å². The maximum absolute atomic E-state index is 11.9. The summed E-state index contributed by atoms with van der Waals surface area (Å²) in [5, 5.41) is 34.1. The first kappa shape index (κ1) is 22.7. The Kier molecular flexibility index (Phi) is 7.55. The lowest BCUT2D eigenvalue weighted by atomic mass is 9.85. The van der Waals surface area contributed by atoms with Crippen LogP contribution in [0.1, 0.15) is 18.9 Å². The second-order valence-corrected chi connectivity index (χ2v) is 8.15. The molecular weight excluding hydrogens is 402 g/mol. The Morgan fingerprint density at radius 2 is 2.00 bits per heavy atom. The van der Waals surface area contributed by atoms with E-state index in [2.05, 4.69) is 15.5 Å². The van der Waals surface area contributed by atoms with Crippen LogP contribution in [0.5, 0.6) is 5.75 Å². The number of carbonyl (C=O) groups is 2. The predicted octanol–water partition coefficient (Wildman–Crippen LogP) is 1.37. The number of nitrogens with zero attached hydrogens (tertiary/aromatic N) is 3. The van der Waals surface area contributed by atoms with Crippen LogP contribution in [-0.2, 0) is 0 Å². The zero-order valence-corrected chi connectivity index (χ0v) is 17.6. The monoisotopic (exact) mass is 431 g/mol. The molecule has 3 atom stereocenters. The molecule has 2 heterocycles. The van der Waals surface area contributed by atoms with Gasteiger partial charge < -0.3 is 30.5 Å². The van der Waals surface area contributed by atoms with Crippen molar-refractivity contribution in [1.29, 1.82) is 5.26 Å². The van der Waals surface area contributed by atoms with Crippen LogP contribution in [-0.4, -0.2) is 84.1 Å². The number of piperidine rings is 2. The number of anilines is 1. The van der Waals surface area contributed by atoms with Crippen molar-refractivity contribution in [3.05, 3.63) is 23.8 Å². The van der Waals surface area contributed by atoms with E-state index in [1.54, 1.807) is 19.1 Å². The van der Waals surface area contributed by atoms with Crippen LogP contribution >= 0.6 is 0 Å². The highest BCUT2D eigenvalue weighted by atomic mass is 16.5. The summed E-state index contributed by atoms with van der Waals surface area (Å²) in [5.41, 5.74) is 0.744. The van der Waals surface area contributed by atoms with E-state index < -0.39 is 18.2 Å². The zero-order chi connectivity index (χ0) is 22.4. The molecule has 10 nitrogen and oxygen atoms in total. The standard InChI is InChI=1S/C21H29N5O5/c1-2-23-20(28)24-18-6-14(7-22)3-4-19(18)31-13-17(27)12-25-8-15-5-16(9-25)11-26(10-15)21(29)30/h3-4,6,15-17,27H,2,5,8-13H2,1H3,(H,29,30)(H2,23,24,28). The third-order valence-corrected chi connectivity index (χ3v) is 5.52. The summed E-state index contributed by atoms with van der Waals surface area (Å²) in [6, 6.07) is 6.33. The largest absolute Gasteiger partial charge is 0.489 e. The number of rotatable bonds is 7. The van der Waals surface area contributed by atoms with E-state index in [4.69, 9.17) is 10.00 Å². The van der Waals surface area contributed by atoms with Gasteiger partial charge in [-0.1, -0.05) is 0 Å². The molecule has 31 heavy (non-hydrogen) atoms. The van der Waals surface area contributed by atoms with Gasteiger partial charge in [0.05, 0.1) is 17.3 Å². The second-order valence-electron chi connectivity index (χ2n) is 8.15. The summed E-state index contributed by atoms with van der Waals surface area (Å²) in [4.78, 5) is 26.8. The zero-order valence-electron chi connectivity index (χ0n) is 17.6. The van der Waals surface area contributed by atoms with Gasteiger partial charge in [0.15, 0.2) is 0 Å². The van der Waals surface area contributed by atoms with E-state index in [-0.39, 0.29) is 18.4 Å². The van der Waals surface area contributed by atoms with Crippen molar-refractivity contribution in [2.75, 3.05) is 51.2 Å². The molecule has 2 saturated heterocycles. The third-order valence-electron chi connectivity index (χ3n) is 5.52. The number of nitrogens with one attached hydrogen (secondary N) is 2. The molecule has 4 N–H and O–H groups in total. The number of likely N-dealkylation sites (tertiary alicyclic amines) is 2. The third kappa shape index (κ3) is 6.23. The Bertz CT molecular complexity index is 828. The topological polar surface area (TPSA) is 138 Å². The summed E-state index contributed by atoms with van der Waals surface area (Å²) < 4.78 is 5.75. The van der Waals surface area contributed by atoms with Crippen LogP contribution in [0, 0.1) is 23.2 Å². The van der Waals surface area contributed by atoms with Crippen molar-refractivity contribution >= 4 is 17.8 Å². The molecule has 3 unspecified atom stereocenters. The Balaban J connectivity index is 1.54. The fraction of sp³-hybridized carbons (Fsp3) is 0.571. The van der Waals surface area contributed by atoms with Crippen LogP contribution in [0.3, 0.4) is 0 Å². The first-order valence-electron chi connectivity index (χ1n) is 10.5. The molecule has 0 spiro atoms. The Hall–Kier alpha value is -3.03. The van der Waals surface area contributed by atoms with Crippen LogP contribution in [0.25, 0.3) is 0 Å². The lowest BCUT2D eigenvalue weighted by Gasteiger charge is -2.45. The van der Waals surface area contributed by atoms with E-state index in [0.717, 1.165) is 19.5 Å². The van der Waals surface area contributed by atoms with Crippen LogP contribution in [0.4, 0.5) is 15.3 Å². The molecule has 0 saturated carbocycles. The number of urea groups is 1. The maximum atomic E-state index is 11.9. The molecule has 3 amide bonds. The number of aliphatic hydroxyl groups excluding tert-OH is 1. The number of carboxylic acid groups (broad SMARTS) is 1. The van der Waals surface area contributed by atoms with Gasteiger partial charge in [0, 0.05) is 39.3 Å². The van der Waals surface area contributed by atoms with Gasteiger partial charge >= 0.3 is 12.1 Å². The van der Waals surface area contributed by atoms with Crippen LogP contribution < -0.4 is 15.4 Å². The number of benzene rings is 1. The van der Waals surface area contributed by atoms with Gasteiger partial charge in [-0.3, -0.25) is 4.90 Å². The fourth-order valence-electron chi connectivity index (χ4n) is 4.38. The molecular formula is C21H29N5O5. The number of ether oxygens (including phenoxy) is 1. The molecule has 0 aromatic heterocycles. The first-order valence-corrected chi connectivity index (χ1v) is 10.5. The highest BCUT2D eigenvalue weighted by Crippen LogP contribution is 2.29. The SMILES string of the molecule is CCNC(=O)Nc1cc(C#N)ccc1OCC(O)CN1CC2CC(C1)CN(C(=O)O)C2. The van der Waals surface area contributed by atoms with Crippen molar-refractivity contribution in [3.8, 4) is 11.8 Å². The summed E-state index contributed by atoms with van der Waals surface area (Å²) >= 11 is 0. The lowest BCUT2D eigenvalue weighted by Crippen LogP contribution is -2.55. The predicted molar refractivity (Wildman–Crippen MR) is 113 cm³/mol. The van der Waals surface area contributed by atoms with Crippen molar-refractivity contribution in [3.63, 3.8) is 0 Å². The molecule has 0 radical (unpaired) electrons. The molecule has 2 aliphatic heterocycles. The average molecular weight is 431 g/mol. The van der Waals surface area contributed by atoms with Crippen molar-refractivity contribution in [1.82, 2.24) is 15.1 Å². The molecule has 2 fully saturated rings. The number of carbonyl (C=O) groups excluding carboxylic acids is 1. The molecule has 2 bridgehead atoms. The van der Waals surface area contributed by atoms with Crippen molar-refractivity contribution in [2.45, 2.75) is 19.4 Å². The molecule has 1 aromatic rings. The Morgan fingerprint density at radius 3 is 2.61 bits per heavy atom. The Labute approximate surface area is 181 Å². The Morgan fingerprint density at radius 1 is 1.29 bits per heavy atom. The second kappa shape index (κ2) is 10.3. The highest BCUT2D eigenvalue weighted by Gasteiger charge is 2.36. The van der Waals surface area contributed by atoms with Crippen LogP contribution in [0.2, 0.25) is 0 Å². The highest BCUT2D eigenvalue weighted by molar-refractivity contribution is 5.91. The molecule has 168 valence electrons. The summed E-state index contributed by atoms with van der Waals surface area (Å²) in [6.07, 6.45) is -0.592. The number of hydrogen-bond acceptors (Lipinski definition) is 6. The molecule has 0 aliphatic carbocycles. The van der Waals surface area contributed by atoms with E-state index in [0.29, 0.717) is 43.2 Å². The quantitative estimate of drug-likeness (QED) is 0.511. The number of aliphatic hydroxyl groups is 1. The number of nitriles is 1. The fourth-order valence-corrected chi connectivity index (χ4v) is 4.38. The normalized spacial score (nSPS) is 21.6. The molecule has 3 rings (SSSR count). The summed E-state index contributed by atoms with van der Waals surface area (Å²) in [6.45, 7) is 5.28. The van der Waals surface area contributed by atoms with Crippen molar-refractivity contribution in [2.24, 2.45) is 11.8 Å². The molecule has 10 heteroatoms. The first-order chi connectivity index (χ1) is 14.9.